The largest absolute Gasteiger partial charge is 0.484 e. The zero-order chi connectivity index (χ0) is 17.5. The minimum absolute atomic E-state index is 0.102. The molecule has 1 heterocycles. The molecule has 0 aromatic heterocycles. The van der Waals surface area contributed by atoms with Gasteiger partial charge in [0, 0.05) is 17.5 Å². The highest BCUT2D eigenvalue weighted by Gasteiger charge is 2.31. The van der Waals surface area contributed by atoms with Crippen LogP contribution in [0.5, 0.6) is 5.75 Å². The summed E-state index contributed by atoms with van der Waals surface area (Å²) in [5, 5.41) is 9.09. The maximum Gasteiger partial charge on any atom is 0.297 e. The third-order valence-electron chi connectivity index (χ3n) is 3.92. The second-order valence-corrected chi connectivity index (χ2v) is 8.07. The molecular weight excluding hydrogens is 394 g/mol. The lowest BCUT2D eigenvalue weighted by molar-refractivity contribution is 0.233. The van der Waals surface area contributed by atoms with Gasteiger partial charge in [0.05, 0.1) is 23.2 Å². The van der Waals surface area contributed by atoms with E-state index in [2.05, 4.69) is 26.2 Å². The lowest BCUT2D eigenvalue weighted by atomic mass is 10.0. The van der Waals surface area contributed by atoms with Crippen LogP contribution in [0.2, 0.25) is 0 Å². The van der Waals surface area contributed by atoms with E-state index in [1.807, 2.05) is 6.92 Å². The van der Waals surface area contributed by atoms with E-state index in [9.17, 15) is 8.42 Å². The van der Waals surface area contributed by atoms with Crippen molar-refractivity contribution in [1.29, 1.82) is 5.26 Å². The first-order valence-corrected chi connectivity index (χ1v) is 9.36. The topological polar surface area (TPSA) is 76.4 Å². The van der Waals surface area contributed by atoms with Gasteiger partial charge < -0.3 is 4.74 Å². The summed E-state index contributed by atoms with van der Waals surface area (Å²) < 4.78 is 35.7. The minimum Gasteiger partial charge on any atom is -0.484 e. The van der Waals surface area contributed by atoms with Crippen LogP contribution >= 0.6 is 15.9 Å². The van der Waals surface area contributed by atoms with Crippen LogP contribution in [0.25, 0.3) is 0 Å². The summed E-state index contributed by atoms with van der Waals surface area (Å²) in [6, 6.07) is 10.6. The average molecular weight is 408 g/mol. The zero-order valence-corrected chi connectivity index (χ0v) is 15.4. The summed E-state index contributed by atoms with van der Waals surface area (Å²) in [4.78, 5) is 0.102. The van der Waals surface area contributed by atoms with Gasteiger partial charge >= 0.3 is 0 Å². The van der Waals surface area contributed by atoms with Crippen LogP contribution in [0.3, 0.4) is 0 Å². The van der Waals surface area contributed by atoms with E-state index >= 15 is 0 Å². The molecule has 0 aliphatic carbocycles. The van der Waals surface area contributed by atoms with Gasteiger partial charge in [0.15, 0.2) is 0 Å². The molecule has 0 saturated carbocycles. The molecule has 0 fully saturated rings. The van der Waals surface area contributed by atoms with Crippen LogP contribution in [0.1, 0.15) is 28.4 Å². The normalized spacial score (nSPS) is 16.3. The highest BCUT2D eigenvalue weighted by Crippen LogP contribution is 2.43. The van der Waals surface area contributed by atoms with Crippen molar-refractivity contribution in [2.24, 2.45) is 0 Å². The summed E-state index contributed by atoms with van der Waals surface area (Å²) >= 11 is 3.41. The van der Waals surface area contributed by atoms with E-state index in [1.165, 1.54) is 6.07 Å². The van der Waals surface area contributed by atoms with Crippen LogP contribution in [0, 0.1) is 18.3 Å². The third-order valence-corrected chi connectivity index (χ3v) is 5.85. The molecule has 2 aromatic rings. The molecule has 0 N–H and O–H groups in total. The number of nitriles is 1. The van der Waals surface area contributed by atoms with Crippen LogP contribution in [0.15, 0.2) is 39.7 Å². The van der Waals surface area contributed by atoms with Gasteiger partial charge in [-0.2, -0.15) is 13.7 Å². The van der Waals surface area contributed by atoms with Crippen LogP contribution in [0.4, 0.5) is 0 Å². The summed E-state index contributed by atoms with van der Waals surface area (Å²) in [5.41, 5.74) is 2.88. The quantitative estimate of drug-likeness (QED) is 0.725. The first-order valence-electron chi connectivity index (χ1n) is 7.16. The van der Waals surface area contributed by atoms with Crippen molar-refractivity contribution >= 4 is 26.0 Å². The van der Waals surface area contributed by atoms with Gasteiger partial charge in [-0.15, -0.1) is 0 Å². The smallest absolute Gasteiger partial charge is 0.297 e. The molecule has 7 heteroatoms. The van der Waals surface area contributed by atoms with Gasteiger partial charge in [-0.1, -0.05) is 17.7 Å². The van der Waals surface area contributed by atoms with Crippen molar-refractivity contribution < 1.29 is 17.3 Å². The number of hydrogen-bond donors (Lipinski definition) is 0. The molecule has 5 nitrogen and oxygen atoms in total. The standard InChI is InChI=1S/C17H14BrNO4S/c1-10-3-4-16(24(20,21)22-2)13(5-10)15-8-12-6-11(9-19)7-14(18)17(12)23-15/h3-7,15H,8H2,1-2H3. The number of halogens is 1. The van der Waals surface area contributed by atoms with Gasteiger partial charge in [0.1, 0.15) is 16.7 Å². The Morgan fingerprint density at radius 1 is 1.33 bits per heavy atom. The lowest BCUT2D eigenvalue weighted by Gasteiger charge is -2.16. The molecule has 0 bridgehead atoms. The molecule has 24 heavy (non-hydrogen) atoms. The van der Waals surface area contributed by atoms with Gasteiger partial charge in [0.2, 0.25) is 0 Å². The predicted octanol–water partition coefficient (Wildman–Crippen LogP) is 3.64. The van der Waals surface area contributed by atoms with E-state index in [-0.39, 0.29) is 4.90 Å². The van der Waals surface area contributed by atoms with E-state index in [4.69, 9.17) is 10.00 Å². The van der Waals surface area contributed by atoms with Crippen LogP contribution in [-0.4, -0.2) is 15.5 Å². The molecular formula is C17H14BrNO4S. The van der Waals surface area contributed by atoms with E-state index in [0.29, 0.717) is 27.8 Å². The third kappa shape index (κ3) is 2.93. The first-order chi connectivity index (χ1) is 11.4. The molecule has 0 saturated heterocycles. The minimum atomic E-state index is -3.84. The summed E-state index contributed by atoms with van der Waals surface area (Å²) in [5.74, 6) is 0.640. The highest BCUT2D eigenvalue weighted by molar-refractivity contribution is 9.10. The molecule has 2 aromatic carbocycles. The fourth-order valence-corrected chi connectivity index (χ4v) is 4.28. The highest BCUT2D eigenvalue weighted by atomic mass is 79.9. The molecule has 124 valence electrons. The van der Waals surface area contributed by atoms with Crippen LogP contribution < -0.4 is 4.74 Å². The van der Waals surface area contributed by atoms with E-state index in [0.717, 1.165) is 18.2 Å². The van der Waals surface area contributed by atoms with Crippen LogP contribution in [-0.2, 0) is 20.7 Å². The number of benzene rings is 2. The van der Waals surface area contributed by atoms with Crippen molar-refractivity contribution in [2.75, 3.05) is 7.11 Å². The zero-order valence-electron chi connectivity index (χ0n) is 13.0. The van der Waals surface area contributed by atoms with Crippen molar-refractivity contribution in [3.8, 4) is 11.8 Å². The van der Waals surface area contributed by atoms with Crippen molar-refractivity contribution in [3.63, 3.8) is 0 Å². The maximum atomic E-state index is 12.2. The fraction of sp³-hybridized carbons (Fsp3) is 0.235. The number of ether oxygens (including phenoxy) is 1. The monoisotopic (exact) mass is 407 g/mol. The SMILES string of the molecule is COS(=O)(=O)c1ccc(C)cc1C1Cc2cc(C#N)cc(Br)c2O1. The molecule has 1 atom stereocenters. The number of fused-ring (bicyclic) bond motifs is 1. The number of rotatable bonds is 3. The first kappa shape index (κ1) is 17.0. The second-order valence-electron chi connectivity index (χ2n) is 5.53. The predicted molar refractivity (Wildman–Crippen MR) is 91.3 cm³/mol. The number of nitrogens with zero attached hydrogens (tertiary/aromatic N) is 1. The van der Waals surface area contributed by atoms with Gasteiger partial charge in [-0.25, -0.2) is 0 Å². The molecule has 3 rings (SSSR count). The molecule has 0 amide bonds. The summed E-state index contributed by atoms with van der Waals surface area (Å²) in [7, 11) is -2.70. The Hall–Kier alpha value is -1.88. The Kier molecular flexibility index (Phi) is 4.38. The van der Waals surface area contributed by atoms with E-state index in [1.54, 1.807) is 24.3 Å². The fourth-order valence-electron chi connectivity index (χ4n) is 2.79. The van der Waals surface area contributed by atoms with E-state index < -0.39 is 16.2 Å². The second kappa shape index (κ2) is 6.20. The summed E-state index contributed by atoms with van der Waals surface area (Å²) in [6.45, 7) is 1.89. The number of aryl methyl sites for hydroxylation is 1. The molecule has 0 spiro atoms. The van der Waals surface area contributed by atoms with Crippen molar-refractivity contribution in [3.05, 3.63) is 57.1 Å². The average Bonchev–Trinajstić information content (AvgIpc) is 2.99. The maximum absolute atomic E-state index is 12.2. The molecule has 0 radical (unpaired) electrons. The van der Waals surface area contributed by atoms with Crippen molar-refractivity contribution in [2.45, 2.75) is 24.3 Å². The Morgan fingerprint density at radius 2 is 2.08 bits per heavy atom. The van der Waals surface area contributed by atoms with Crippen molar-refractivity contribution in [1.82, 2.24) is 0 Å². The molecule has 1 aliphatic heterocycles. The Balaban J connectivity index is 2.08. The lowest BCUT2D eigenvalue weighted by Crippen LogP contribution is -2.12. The Labute approximate surface area is 149 Å². The van der Waals surface area contributed by atoms with Gasteiger partial charge in [-0.3, -0.25) is 4.18 Å². The summed E-state index contributed by atoms with van der Waals surface area (Å²) in [6.07, 6.45) is 0.0316. The van der Waals surface area contributed by atoms with Gasteiger partial charge in [0.25, 0.3) is 10.1 Å². The van der Waals surface area contributed by atoms with Gasteiger partial charge in [-0.05, 0) is 41.1 Å². The molecule has 1 unspecified atom stereocenters. The Bertz CT molecular complexity index is 963. The number of hydrogen-bond acceptors (Lipinski definition) is 5. The molecule has 1 aliphatic rings. The Morgan fingerprint density at radius 3 is 2.75 bits per heavy atom.